The molecular weight excluding hydrogens is 268 g/mol. The summed E-state index contributed by atoms with van der Waals surface area (Å²) in [6.45, 7) is 1.88. The fraction of sp³-hybridized carbons (Fsp3) is 0.900. The molecule has 1 aliphatic rings. The van der Waals surface area contributed by atoms with Crippen LogP contribution in [0.1, 0.15) is 32.6 Å². The number of alkyl halides is 3. The third-order valence-electron chi connectivity index (χ3n) is 2.71. The number of halogens is 3. The van der Waals surface area contributed by atoms with Crippen molar-refractivity contribution in [2.24, 2.45) is 5.92 Å². The first-order chi connectivity index (χ1) is 6.94. The summed E-state index contributed by atoms with van der Waals surface area (Å²) in [5.41, 5.74) is 0. The molecule has 0 aromatic heterocycles. The van der Waals surface area contributed by atoms with E-state index in [0.717, 1.165) is 0 Å². The molecule has 0 bridgehead atoms. The van der Waals surface area contributed by atoms with Gasteiger partial charge in [0.05, 0.1) is 0 Å². The molecule has 1 amide bonds. The topological polar surface area (TPSA) is 29.1 Å². The standard InChI is InChI=1S/C10H16BrF2NO/c1-7(6-11)14-9(15)8-2-4-10(12,13)5-3-8/h7-8H,2-6H2,1H3,(H,14,15). The number of carbonyl (C=O) groups is 1. The predicted octanol–water partition coefficient (Wildman–Crippen LogP) is 2.71. The summed E-state index contributed by atoms with van der Waals surface area (Å²) in [6, 6.07) is 0.0555. The summed E-state index contributed by atoms with van der Waals surface area (Å²) in [5.74, 6) is -2.87. The van der Waals surface area contributed by atoms with E-state index in [1.807, 2.05) is 6.92 Å². The predicted molar refractivity (Wildman–Crippen MR) is 58.3 cm³/mol. The Morgan fingerprint density at radius 3 is 2.53 bits per heavy atom. The molecule has 1 rings (SSSR count). The maximum Gasteiger partial charge on any atom is 0.248 e. The second kappa shape index (κ2) is 5.23. The summed E-state index contributed by atoms with van der Waals surface area (Å²) in [5, 5.41) is 3.48. The third-order valence-corrected chi connectivity index (χ3v) is 3.68. The molecule has 0 aromatic carbocycles. The van der Waals surface area contributed by atoms with E-state index in [4.69, 9.17) is 0 Å². The zero-order chi connectivity index (χ0) is 11.5. The van der Waals surface area contributed by atoms with Crippen molar-refractivity contribution in [1.29, 1.82) is 0 Å². The number of carbonyl (C=O) groups excluding carboxylic acids is 1. The van der Waals surface area contributed by atoms with Gasteiger partial charge in [-0.3, -0.25) is 4.79 Å². The molecule has 15 heavy (non-hydrogen) atoms. The van der Waals surface area contributed by atoms with Crippen LogP contribution in [0.3, 0.4) is 0 Å². The first kappa shape index (κ1) is 12.9. The lowest BCUT2D eigenvalue weighted by Crippen LogP contribution is -2.40. The summed E-state index contributed by atoms with van der Waals surface area (Å²) in [7, 11) is 0. The average Bonchev–Trinajstić information content (AvgIpc) is 2.17. The first-order valence-corrected chi connectivity index (χ1v) is 6.31. The quantitative estimate of drug-likeness (QED) is 0.793. The number of rotatable bonds is 3. The van der Waals surface area contributed by atoms with Gasteiger partial charge in [-0.15, -0.1) is 0 Å². The van der Waals surface area contributed by atoms with E-state index >= 15 is 0 Å². The van der Waals surface area contributed by atoms with Crippen LogP contribution in [0.2, 0.25) is 0 Å². The van der Waals surface area contributed by atoms with Crippen molar-refractivity contribution in [2.45, 2.75) is 44.6 Å². The fourth-order valence-corrected chi connectivity index (χ4v) is 1.86. The Kier molecular flexibility index (Phi) is 4.49. The van der Waals surface area contributed by atoms with Crippen LogP contribution >= 0.6 is 15.9 Å². The lowest BCUT2D eigenvalue weighted by Gasteiger charge is -2.28. The Hall–Kier alpha value is -0.190. The van der Waals surface area contributed by atoms with Gasteiger partial charge >= 0.3 is 0 Å². The number of hydrogen-bond acceptors (Lipinski definition) is 1. The molecule has 0 aromatic rings. The molecule has 1 saturated carbocycles. The van der Waals surface area contributed by atoms with Crippen LogP contribution in [-0.4, -0.2) is 23.2 Å². The highest BCUT2D eigenvalue weighted by Gasteiger charge is 2.37. The molecule has 5 heteroatoms. The van der Waals surface area contributed by atoms with Crippen molar-refractivity contribution in [3.05, 3.63) is 0 Å². The Morgan fingerprint density at radius 2 is 2.07 bits per heavy atom. The van der Waals surface area contributed by atoms with Crippen LogP contribution in [0.15, 0.2) is 0 Å². The van der Waals surface area contributed by atoms with Gasteiger partial charge in [-0.25, -0.2) is 8.78 Å². The van der Waals surface area contributed by atoms with Gasteiger partial charge in [-0.05, 0) is 19.8 Å². The molecule has 88 valence electrons. The van der Waals surface area contributed by atoms with Crippen molar-refractivity contribution < 1.29 is 13.6 Å². The van der Waals surface area contributed by atoms with Crippen molar-refractivity contribution in [3.8, 4) is 0 Å². The lowest BCUT2D eigenvalue weighted by atomic mass is 9.86. The van der Waals surface area contributed by atoms with Crippen LogP contribution in [0, 0.1) is 5.92 Å². The summed E-state index contributed by atoms with van der Waals surface area (Å²) in [6.07, 6.45) is 0.281. The van der Waals surface area contributed by atoms with Gasteiger partial charge in [0.2, 0.25) is 11.8 Å². The lowest BCUT2D eigenvalue weighted by molar-refractivity contribution is -0.129. The van der Waals surface area contributed by atoms with Gasteiger partial charge in [-0.1, -0.05) is 15.9 Å². The zero-order valence-electron chi connectivity index (χ0n) is 8.73. The highest BCUT2D eigenvalue weighted by atomic mass is 79.9. The summed E-state index contributed by atoms with van der Waals surface area (Å²) in [4.78, 5) is 11.6. The van der Waals surface area contributed by atoms with Crippen molar-refractivity contribution in [2.75, 3.05) is 5.33 Å². The minimum absolute atomic E-state index is 0.0555. The number of nitrogens with one attached hydrogen (secondary N) is 1. The SMILES string of the molecule is CC(CBr)NC(=O)C1CCC(F)(F)CC1. The van der Waals surface area contributed by atoms with Crippen LogP contribution in [0.5, 0.6) is 0 Å². The average molecular weight is 284 g/mol. The molecule has 0 spiro atoms. The van der Waals surface area contributed by atoms with E-state index in [-0.39, 0.29) is 30.7 Å². The Morgan fingerprint density at radius 1 is 1.53 bits per heavy atom. The third kappa shape index (κ3) is 4.05. The smallest absolute Gasteiger partial charge is 0.248 e. The molecule has 1 fully saturated rings. The monoisotopic (exact) mass is 283 g/mol. The molecule has 1 atom stereocenters. The van der Waals surface area contributed by atoms with Crippen LogP contribution in [0.4, 0.5) is 8.78 Å². The number of amides is 1. The van der Waals surface area contributed by atoms with Crippen LogP contribution in [-0.2, 0) is 4.79 Å². The maximum atomic E-state index is 12.8. The van der Waals surface area contributed by atoms with E-state index < -0.39 is 5.92 Å². The minimum atomic E-state index is -2.56. The van der Waals surface area contributed by atoms with E-state index in [0.29, 0.717) is 18.2 Å². The van der Waals surface area contributed by atoms with E-state index in [2.05, 4.69) is 21.2 Å². The van der Waals surface area contributed by atoms with E-state index in [1.54, 1.807) is 0 Å². The molecule has 0 aliphatic heterocycles. The van der Waals surface area contributed by atoms with E-state index in [1.165, 1.54) is 0 Å². The van der Waals surface area contributed by atoms with Gasteiger partial charge in [0.1, 0.15) is 0 Å². The Bertz CT molecular complexity index is 225. The molecule has 1 unspecified atom stereocenters. The maximum absolute atomic E-state index is 12.8. The van der Waals surface area contributed by atoms with Crippen molar-refractivity contribution in [3.63, 3.8) is 0 Å². The fourth-order valence-electron chi connectivity index (χ4n) is 1.70. The molecule has 0 saturated heterocycles. The van der Waals surface area contributed by atoms with Gasteiger partial charge in [0, 0.05) is 30.1 Å². The normalized spacial score (nSPS) is 23.5. The van der Waals surface area contributed by atoms with Crippen molar-refractivity contribution in [1.82, 2.24) is 5.32 Å². The summed E-state index contributed by atoms with van der Waals surface area (Å²) < 4.78 is 25.7. The van der Waals surface area contributed by atoms with E-state index in [9.17, 15) is 13.6 Å². The second-order valence-electron chi connectivity index (χ2n) is 4.19. The largest absolute Gasteiger partial charge is 0.353 e. The van der Waals surface area contributed by atoms with Crippen molar-refractivity contribution >= 4 is 21.8 Å². The summed E-state index contributed by atoms with van der Waals surface area (Å²) >= 11 is 3.25. The highest BCUT2D eigenvalue weighted by molar-refractivity contribution is 9.09. The van der Waals surface area contributed by atoms with Crippen LogP contribution in [0.25, 0.3) is 0 Å². The molecular formula is C10H16BrF2NO. The highest BCUT2D eigenvalue weighted by Crippen LogP contribution is 2.36. The van der Waals surface area contributed by atoms with Crippen LogP contribution < -0.4 is 5.32 Å². The molecule has 1 N–H and O–H groups in total. The first-order valence-electron chi connectivity index (χ1n) is 5.19. The zero-order valence-corrected chi connectivity index (χ0v) is 10.3. The molecule has 0 radical (unpaired) electrons. The molecule has 2 nitrogen and oxygen atoms in total. The number of hydrogen-bond donors (Lipinski definition) is 1. The Labute approximate surface area is 96.9 Å². The van der Waals surface area contributed by atoms with Gasteiger partial charge in [0.25, 0.3) is 0 Å². The Balaban J connectivity index is 2.36. The minimum Gasteiger partial charge on any atom is -0.353 e. The molecule has 1 aliphatic carbocycles. The van der Waals surface area contributed by atoms with Gasteiger partial charge in [0.15, 0.2) is 0 Å². The van der Waals surface area contributed by atoms with Gasteiger partial charge < -0.3 is 5.32 Å². The van der Waals surface area contributed by atoms with Gasteiger partial charge in [-0.2, -0.15) is 0 Å². The second-order valence-corrected chi connectivity index (χ2v) is 4.84. The molecule has 0 heterocycles.